The van der Waals surface area contributed by atoms with Crippen LogP contribution in [0.15, 0.2) is 48.9 Å². The Kier molecular flexibility index (Phi) is 4.05. The van der Waals surface area contributed by atoms with Crippen molar-refractivity contribution in [3.63, 3.8) is 0 Å². The van der Waals surface area contributed by atoms with Crippen LogP contribution in [0.2, 0.25) is 0 Å². The highest BCUT2D eigenvalue weighted by atomic mass is 15.0. The standard InChI is InChI=1S/C13H16N4/c14-12(8-11-4-2-1-3-5-11)9-17-13-10-15-6-7-16-13/h1-7,10,12H,8-9,14H2,(H,16,17)/t12-/m0/s1. The van der Waals surface area contributed by atoms with Gasteiger partial charge >= 0.3 is 0 Å². The van der Waals surface area contributed by atoms with Crippen LogP contribution < -0.4 is 11.1 Å². The van der Waals surface area contributed by atoms with E-state index >= 15 is 0 Å². The molecule has 88 valence electrons. The molecule has 2 aromatic rings. The number of hydrogen-bond donors (Lipinski definition) is 2. The van der Waals surface area contributed by atoms with Crippen LogP contribution in [0.4, 0.5) is 5.82 Å². The molecule has 1 aromatic carbocycles. The zero-order valence-corrected chi connectivity index (χ0v) is 9.58. The molecular weight excluding hydrogens is 212 g/mol. The first-order valence-corrected chi connectivity index (χ1v) is 5.64. The molecule has 1 atom stereocenters. The first-order chi connectivity index (χ1) is 8.34. The molecule has 0 saturated heterocycles. The first-order valence-electron chi connectivity index (χ1n) is 5.64. The Morgan fingerprint density at radius 1 is 1.18 bits per heavy atom. The number of rotatable bonds is 5. The summed E-state index contributed by atoms with van der Waals surface area (Å²) in [5.74, 6) is 0.760. The summed E-state index contributed by atoms with van der Waals surface area (Å²) in [6.45, 7) is 0.688. The van der Waals surface area contributed by atoms with E-state index in [2.05, 4.69) is 27.4 Å². The summed E-state index contributed by atoms with van der Waals surface area (Å²) in [5.41, 5.74) is 7.29. The van der Waals surface area contributed by atoms with E-state index in [-0.39, 0.29) is 6.04 Å². The van der Waals surface area contributed by atoms with E-state index in [9.17, 15) is 0 Å². The smallest absolute Gasteiger partial charge is 0.144 e. The van der Waals surface area contributed by atoms with Crippen LogP contribution >= 0.6 is 0 Å². The highest BCUT2D eigenvalue weighted by Gasteiger charge is 2.03. The average Bonchev–Trinajstić information content (AvgIpc) is 2.39. The maximum atomic E-state index is 6.04. The van der Waals surface area contributed by atoms with E-state index in [0.717, 1.165) is 12.2 Å². The van der Waals surface area contributed by atoms with Crippen LogP contribution in [-0.2, 0) is 6.42 Å². The Bertz CT molecular complexity index is 430. The topological polar surface area (TPSA) is 63.8 Å². The Morgan fingerprint density at radius 2 is 2.00 bits per heavy atom. The Balaban J connectivity index is 1.80. The van der Waals surface area contributed by atoms with Crippen molar-refractivity contribution in [3.05, 3.63) is 54.5 Å². The van der Waals surface area contributed by atoms with Crippen molar-refractivity contribution in [1.29, 1.82) is 0 Å². The number of benzene rings is 1. The first kappa shape index (κ1) is 11.5. The molecule has 3 N–H and O–H groups in total. The maximum Gasteiger partial charge on any atom is 0.144 e. The highest BCUT2D eigenvalue weighted by molar-refractivity contribution is 5.30. The Morgan fingerprint density at radius 3 is 2.71 bits per heavy atom. The van der Waals surface area contributed by atoms with Crippen LogP contribution in [0.5, 0.6) is 0 Å². The second-order valence-corrected chi connectivity index (χ2v) is 3.92. The lowest BCUT2D eigenvalue weighted by atomic mass is 10.1. The van der Waals surface area contributed by atoms with Gasteiger partial charge in [0.15, 0.2) is 0 Å². The van der Waals surface area contributed by atoms with Crippen LogP contribution in [-0.4, -0.2) is 22.6 Å². The number of nitrogens with two attached hydrogens (primary N) is 1. The molecule has 1 aromatic heterocycles. The molecule has 0 fully saturated rings. The fourth-order valence-corrected chi connectivity index (χ4v) is 1.62. The van der Waals surface area contributed by atoms with Gasteiger partial charge in [-0.2, -0.15) is 0 Å². The number of nitrogens with zero attached hydrogens (tertiary/aromatic N) is 2. The fraction of sp³-hybridized carbons (Fsp3) is 0.231. The molecule has 17 heavy (non-hydrogen) atoms. The van der Waals surface area contributed by atoms with E-state index in [1.165, 1.54) is 5.56 Å². The summed E-state index contributed by atoms with van der Waals surface area (Å²) in [5, 5.41) is 3.17. The lowest BCUT2D eigenvalue weighted by molar-refractivity contribution is 0.697. The van der Waals surface area contributed by atoms with Gasteiger partial charge in [-0.15, -0.1) is 0 Å². The molecule has 0 amide bonds. The van der Waals surface area contributed by atoms with Gasteiger partial charge in [-0.05, 0) is 12.0 Å². The van der Waals surface area contributed by atoms with Gasteiger partial charge in [0.2, 0.25) is 0 Å². The zero-order chi connectivity index (χ0) is 11.9. The second-order valence-electron chi connectivity index (χ2n) is 3.92. The predicted octanol–water partition coefficient (Wildman–Crippen LogP) is 1.46. The third-order valence-corrected chi connectivity index (χ3v) is 2.45. The Hall–Kier alpha value is -1.94. The molecule has 4 heteroatoms. The van der Waals surface area contributed by atoms with Crippen molar-refractivity contribution in [2.45, 2.75) is 12.5 Å². The van der Waals surface area contributed by atoms with Crippen molar-refractivity contribution in [2.24, 2.45) is 5.73 Å². The van der Waals surface area contributed by atoms with Gasteiger partial charge in [0.05, 0.1) is 6.20 Å². The zero-order valence-electron chi connectivity index (χ0n) is 9.58. The summed E-state index contributed by atoms with van der Waals surface area (Å²) in [6, 6.07) is 10.3. The van der Waals surface area contributed by atoms with Crippen LogP contribution in [0.25, 0.3) is 0 Å². The molecule has 0 radical (unpaired) electrons. The van der Waals surface area contributed by atoms with E-state index in [1.54, 1.807) is 18.6 Å². The molecular formula is C13H16N4. The van der Waals surface area contributed by atoms with Gasteiger partial charge in [-0.3, -0.25) is 4.98 Å². The summed E-state index contributed by atoms with van der Waals surface area (Å²) >= 11 is 0. The van der Waals surface area contributed by atoms with E-state index in [4.69, 9.17) is 5.73 Å². The van der Waals surface area contributed by atoms with E-state index in [0.29, 0.717) is 6.54 Å². The molecule has 1 heterocycles. The summed E-state index contributed by atoms with van der Waals surface area (Å²) < 4.78 is 0. The molecule has 0 aliphatic heterocycles. The number of aromatic nitrogens is 2. The monoisotopic (exact) mass is 228 g/mol. The van der Waals surface area contributed by atoms with Crippen molar-refractivity contribution >= 4 is 5.82 Å². The SMILES string of the molecule is N[C@H](CNc1cnccn1)Cc1ccccc1. The number of anilines is 1. The average molecular weight is 228 g/mol. The van der Waals surface area contributed by atoms with Gasteiger partial charge < -0.3 is 11.1 Å². The van der Waals surface area contributed by atoms with Gasteiger partial charge in [0, 0.05) is 25.0 Å². The molecule has 0 bridgehead atoms. The number of nitrogens with one attached hydrogen (secondary N) is 1. The molecule has 0 spiro atoms. The summed E-state index contributed by atoms with van der Waals surface area (Å²) in [6.07, 6.45) is 5.85. The largest absolute Gasteiger partial charge is 0.367 e. The minimum absolute atomic E-state index is 0.0689. The lowest BCUT2D eigenvalue weighted by Crippen LogP contribution is -2.31. The molecule has 2 rings (SSSR count). The van der Waals surface area contributed by atoms with Crippen molar-refractivity contribution in [2.75, 3.05) is 11.9 Å². The van der Waals surface area contributed by atoms with Crippen molar-refractivity contribution in [3.8, 4) is 0 Å². The van der Waals surface area contributed by atoms with Crippen molar-refractivity contribution in [1.82, 2.24) is 9.97 Å². The van der Waals surface area contributed by atoms with Crippen LogP contribution in [0.3, 0.4) is 0 Å². The van der Waals surface area contributed by atoms with Gasteiger partial charge in [-0.25, -0.2) is 4.98 Å². The molecule has 0 saturated carbocycles. The molecule has 0 aliphatic rings. The highest BCUT2D eigenvalue weighted by Crippen LogP contribution is 2.03. The van der Waals surface area contributed by atoms with Gasteiger partial charge in [0.1, 0.15) is 5.82 Å². The second kappa shape index (κ2) is 5.96. The minimum Gasteiger partial charge on any atom is -0.367 e. The molecule has 0 aliphatic carbocycles. The van der Waals surface area contributed by atoms with Gasteiger partial charge in [0.25, 0.3) is 0 Å². The van der Waals surface area contributed by atoms with Crippen molar-refractivity contribution < 1.29 is 0 Å². The van der Waals surface area contributed by atoms with Crippen LogP contribution in [0.1, 0.15) is 5.56 Å². The number of hydrogen-bond acceptors (Lipinski definition) is 4. The van der Waals surface area contributed by atoms with E-state index in [1.807, 2.05) is 18.2 Å². The lowest BCUT2D eigenvalue weighted by Gasteiger charge is -2.12. The van der Waals surface area contributed by atoms with Crippen LogP contribution in [0, 0.1) is 0 Å². The third kappa shape index (κ3) is 3.85. The quantitative estimate of drug-likeness (QED) is 0.813. The van der Waals surface area contributed by atoms with Gasteiger partial charge in [-0.1, -0.05) is 30.3 Å². The summed E-state index contributed by atoms with van der Waals surface area (Å²) in [7, 11) is 0. The van der Waals surface area contributed by atoms with E-state index < -0.39 is 0 Å². The predicted molar refractivity (Wildman–Crippen MR) is 68.6 cm³/mol. The normalized spacial score (nSPS) is 12.1. The fourth-order valence-electron chi connectivity index (χ4n) is 1.62. The molecule has 0 unspecified atom stereocenters. The molecule has 4 nitrogen and oxygen atoms in total. The minimum atomic E-state index is 0.0689. The maximum absolute atomic E-state index is 6.04. The third-order valence-electron chi connectivity index (χ3n) is 2.45. The summed E-state index contributed by atoms with van der Waals surface area (Å²) in [4.78, 5) is 8.11. The Labute approximate surface area is 101 Å².